The lowest BCUT2D eigenvalue weighted by molar-refractivity contribution is -0.160. The fourth-order valence-corrected chi connectivity index (χ4v) is 2.46. The summed E-state index contributed by atoms with van der Waals surface area (Å²) in [5.74, 6) is -0.799. The molecule has 1 rings (SSSR count). The molecule has 10 heteroatoms. The summed E-state index contributed by atoms with van der Waals surface area (Å²) in [6, 6.07) is 0. The van der Waals surface area contributed by atoms with Gasteiger partial charge in [0.15, 0.2) is 0 Å². The molecule has 0 aliphatic carbocycles. The lowest BCUT2D eigenvalue weighted by atomic mass is 10.2. The van der Waals surface area contributed by atoms with Gasteiger partial charge in [0.1, 0.15) is 6.54 Å². The summed E-state index contributed by atoms with van der Waals surface area (Å²) in [5, 5.41) is 11.2. The van der Waals surface area contributed by atoms with E-state index in [-0.39, 0.29) is 18.2 Å². The Labute approximate surface area is 130 Å². The minimum Gasteiger partial charge on any atom is -0.333 e. The normalized spacial score (nSPS) is 11.7. The van der Waals surface area contributed by atoms with Crippen LogP contribution in [0.25, 0.3) is 0 Å². The maximum atomic E-state index is 12.5. The Bertz CT molecular complexity index is 503. The third-order valence-corrected chi connectivity index (χ3v) is 3.38. The number of allylic oxidation sites excluding steroid dienone is 1. The van der Waals surface area contributed by atoms with Gasteiger partial charge in [0.2, 0.25) is 11.1 Å². The summed E-state index contributed by atoms with van der Waals surface area (Å²) in [7, 11) is 0. The van der Waals surface area contributed by atoms with Crippen molar-refractivity contribution in [1.29, 1.82) is 0 Å². The fraction of sp³-hybridized carbons (Fsp3) is 0.667. The van der Waals surface area contributed by atoms with E-state index in [1.165, 1.54) is 4.68 Å². The van der Waals surface area contributed by atoms with E-state index in [1.54, 1.807) is 19.9 Å². The lowest BCUT2D eigenvalue weighted by Gasteiger charge is -2.25. The number of nitrogens with zero attached hydrogens (tertiary/aromatic N) is 5. The van der Waals surface area contributed by atoms with E-state index in [1.807, 2.05) is 0 Å². The minimum absolute atomic E-state index is 0.0521. The number of halogens is 3. The van der Waals surface area contributed by atoms with Gasteiger partial charge in [0.25, 0.3) is 0 Å². The van der Waals surface area contributed by atoms with Gasteiger partial charge in [0.05, 0.1) is 12.3 Å². The Morgan fingerprint density at radius 2 is 2.18 bits per heavy atom. The van der Waals surface area contributed by atoms with Crippen molar-refractivity contribution in [2.24, 2.45) is 5.92 Å². The number of alkyl halides is 3. The standard InChI is InChI=1S/C12H18F3N5OS/c1-4-5-20-11(16-17-18-20)22-7-10(21)19(6-9(2)3)8-12(13,14)15/h4,9H,1,5-8H2,2-3H3. The van der Waals surface area contributed by atoms with E-state index in [0.29, 0.717) is 11.7 Å². The number of rotatable bonds is 8. The largest absolute Gasteiger partial charge is 0.406 e. The van der Waals surface area contributed by atoms with Gasteiger partial charge >= 0.3 is 6.18 Å². The summed E-state index contributed by atoms with van der Waals surface area (Å²) in [4.78, 5) is 12.8. The molecule has 1 heterocycles. The Kier molecular flexibility index (Phi) is 6.85. The number of aromatic nitrogens is 4. The molecule has 0 N–H and O–H groups in total. The van der Waals surface area contributed by atoms with Crippen LogP contribution in [-0.2, 0) is 11.3 Å². The predicted molar refractivity (Wildman–Crippen MR) is 76.2 cm³/mol. The van der Waals surface area contributed by atoms with E-state index in [4.69, 9.17) is 0 Å². The molecule has 0 unspecified atom stereocenters. The van der Waals surface area contributed by atoms with Crippen LogP contribution in [0.4, 0.5) is 13.2 Å². The van der Waals surface area contributed by atoms with Crippen LogP contribution in [0.5, 0.6) is 0 Å². The Morgan fingerprint density at radius 1 is 1.50 bits per heavy atom. The van der Waals surface area contributed by atoms with Gasteiger partial charge in [0, 0.05) is 6.54 Å². The first kappa shape index (κ1) is 18.5. The van der Waals surface area contributed by atoms with Crippen LogP contribution in [0.2, 0.25) is 0 Å². The second kappa shape index (κ2) is 8.16. The maximum Gasteiger partial charge on any atom is 0.406 e. The van der Waals surface area contributed by atoms with Crippen LogP contribution in [-0.4, -0.2) is 56.0 Å². The van der Waals surface area contributed by atoms with Crippen LogP contribution in [0.1, 0.15) is 13.8 Å². The van der Waals surface area contributed by atoms with E-state index >= 15 is 0 Å². The van der Waals surface area contributed by atoms with Gasteiger partial charge in [-0.2, -0.15) is 13.2 Å². The van der Waals surface area contributed by atoms with Gasteiger partial charge in [-0.15, -0.1) is 11.7 Å². The van der Waals surface area contributed by atoms with E-state index in [2.05, 4.69) is 22.1 Å². The zero-order chi connectivity index (χ0) is 16.8. The second-order valence-corrected chi connectivity index (χ2v) is 5.95. The number of carbonyl (C=O) groups excluding carboxylic acids is 1. The van der Waals surface area contributed by atoms with E-state index in [9.17, 15) is 18.0 Å². The van der Waals surface area contributed by atoms with Gasteiger partial charge < -0.3 is 4.90 Å². The summed E-state index contributed by atoms with van der Waals surface area (Å²) in [6.45, 7) is 6.23. The topological polar surface area (TPSA) is 63.9 Å². The van der Waals surface area contributed by atoms with Gasteiger partial charge in [-0.3, -0.25) is 4.79 Å². The van der Waals surface area contributed by atoms with Crippen molar-refractivity contribution >= 4 is 17.7 Å². The molecule has 0 aliphatic rings. The highest BCUT2D eigenvalue weighted by Crippen LogP contribution is 2.20. The third kappa shape index (κ3) is 6.46. The average molecular weight is 337 g/mol. The number of tetrazole rings is 1. The fourth-order valence-electron chi connectivity index (χ4n) is 1.67. The first-order valence-corrected chi connectivity index (χ1v) is 7.56. The molecule has 0 saturated heterocycles. The molecule has 6 nitrogen and oxygen atoms in total. The zero-order valence-electron chi connectivity index (χ0n) is 12.4. The molecule has 1 aromatic rings. The van der Waals surface area contributed by atoms with Crippen molar-refractivity contribution in [2.45, 2.75) is 31.7 Å². The molecule has 0 radical (unpaired) electrons. The lowest BCUT2D eigenvalue weighted by Crippen LogP contribution is -2.42. The molecule has 0 aromatic carbocycles. The quantitative estimate of drug-likeness (QED) is 0.536. The highest BCUT2D eigenvalue weighted by atomic mass is 32.2. The van der Waals surface area contributed by atoms with Crippen LogP contribution in [0, 0.1) is 5.92 Å². The highest BCUT2D eigenvalue weighted by Gasteiger charge is 2.33. The molecule has 0 spiro atoms. The average Bonchev–Trinajstić information content (AvgIpc) is 2.81. The molecule has 22 heavy (non-hydrogen) atoms. The van der Waals surface area contributed by atoms with Crippen molar-refractivity contribution in [3.63, 3.8) is 0 Å². The van der Waals surface area contributed by atoms with Crippen molar-refractivity contribution in [2.75, 3.05) is 18.8 Å². The monoisotopic (exact) mass is 337 g/mol. The SMILES string of the molecule is C=CCn1nnnc1SCC(=O)N(CC(C)C)CC(F)(F)F. The molecule has 0 saturated carbocycles. The summed E-state index contributed by atoms with van der Waals surface area (Å²) < 4.78 is 39.1. The smallest absolute Gasteiger partial charge is 0.333 e. The Balaban J connectivity index is 2.66. The molecule has 0 atom stereocenters. The number of hydrogen-bond donors (Lipinski definition) is 0. The van der Waals surface area contributed by atoms with Crippen molar-refractivity contribution in [3.8, 4) is 0 Å². The summed E-state index contributed by atoms with van der Waals surface area (Å²) in [5.41, 5.74) is 0. The van der Waals surface area contributed by atoms with Crippen molar-refractivity contribution in [1.82, 2.24) is 25.1 Å². The highest BCUT2D eigenvalue weighted by molar-refractivity contribution is 7.99. The van der Waals surface area contributed by atoms with Crippen molar-refractivity contribution in [3.05, 3.63) is 12.7 Å². The molecule has 0 bridgehead atoms. The molecule has 0 fully saturated rings. The van der Waals surface area contributed by atoms with E-state index in [0.717, 1.165) is 16.7 Å². The summed E-state index contributed by atoms with van der Waals surface area (Å²) in [6.07, 6.45) is -2.84. The Hall–Kier alpha value is -1.58. The number of amides is 1. The molecular weight excluding hydrogens is 319 g/mol. The van der Waals surface area contributed by atoms with Crippen LogP contribution < -0.4 is 0 Å². The molecule has 1 aromatic heterocycles. The number of carbonyl (C=O) groups is 1. The maximum absolute atomic E-state index is 12.5. The molecule has 124 valence electrons. The van der Waals surface area contributed by atoms with E-state index < -0.39 is 18.6 Å². The van der Waals surface area contributed by atoms with Crippen molar-refractivity contribution < 1.29 is 18.0 Å². The van der Waals surface area contributed by atoms with Crippen LogP contribution in [0.15, 0.2) is 17.8 Å². The van der Waals surface area contributed by atoms with Gasteiger partial charge in [-0.05, 0) is 16.3 Å². The third-order valence-electron chi connectivity index (χ3n) is 2.43. The number of thioether (sulfide) groups is 1. The molecule has 0 aliphatic heterocycles. The predicted octanol–water partition coefficient (Wildman–Crippen LogP) is 2.00. The minimum atomic E-state index is -4.42. The zero-order valence-corrected chi connectivity index (χ0v) is 13.2. The second-order valence-electron chi connectivity index (χ2n) is 5.00. The summed E-state index contributed by atoms with van der Waals surface area (Å²) >= 11 is 1.00. The first-order chi connectivity index (χ1) is 10.2. The van der Waals surface area contributed by atoms with Crippen LogP contribution in [0.3, 0.4) is 0 Å². The first-order valence-electron chi connectivity index (χ1n) is 6.57. The van der Waals surface area contributed by atoms with Gasteiger partial charge in [-0.25, -0.2) is 4.68 Å². The number of hydrogen-bond acceptors (Lipinski definition) is 5. The van der Waals surface area contributed by atoms with Gasteiger partial charge in [-0.1, -0.05) is 31.7 Å². The molecule has 1 amide bonds. The molecular formula is C12H18F3N5OS. The Morgan fingerprint density at radius 3 is 2.73 bits per heavy atom. The van der Waals surface area contributed by atoms with Crippen LogP contribution >= 0.6 is 11.8 Å².